The Bertz CT molecular complexity index is 402. The summed E-state index contributed by atoms with van der Waals surface area (Å²) in [5.41, 5.74) is 0.674. The zero-order chi connectivity index (χ0) is 13.8. The zero-order valence-corrected chi connectivity index (χ0v) is 11.3. The molecule has 5 nitrogen and oxygen atoms in total. The first-order chi connectivity index (χ1) is 8.31. The maximum atomic E-state index is 11.8. The Morgan fingerprint density at radius 3 is 2.56 bits per heavy atom. The molecule has 0 saturated carbocycles. The van der Waals surface area contributed by atoms with E-state index in [1.54, 1.807) is 20.8 Å². The Hall–Kier alpha value is -1.65. The maximum Gasteiger partial charge on any atom is 0.353 e. The molecule has 1 rings (SSSR count). The van der Waals surface area contributed by atoms with Crippen molar-refractivity contribution in [2.24, 2.45) is 4.99 Å². The van der Waals surface area contributed by atoms with E-state index in [4.69, 9.17) is 4.74 Å². The third-order valence-electron chi connectivity index (χ3n) is 2.29. The Labute approximate surface area is 107 Å². The number of ether oxygens (including phenoxy) is 2. The number of methoxy groups -OCH3 is 1. The highest BCUT2D eigenvalue weighted by Crippen LogP contribution is 2.17. The van der Waals surface area contributed by atoms with Crippen LogP contribution in [0.4, 0.5) is 0 Å². The van der Waals surface area contributed by atoms with Crippen LogP contribution in [-0.4, -0.2) is 36.9 Å². The number of nitrogens with zero attached hydrogens (tertiary/aromatic N) is 1. The summed E-state index contributed by atoms with van der Waals surface area (Å²) in [5, 5.41) is 0. The largest absolute Gasteiger partial charge is 0.466 e. The Morgan fingerprint density at radius 2 is 2.00 bits per heavy atom. The third-order valence-corrected chi connectivity index (χ3v) is 2.29. The van der Waals surface area contributed by atoms with E-state index in [-0.39, 0.29) is 0 Å². The minimum absolute atomic E-state index is 0.351. The maximum absolute atomic E-state index is 11.8. The molecule has 0 aromatic carbocycles. The molecule has 0 N–H and O–H groups in total. The average Bonchev–Trinajstić information content (AvgIpc) is 2.27. The molecule has 0 unspecified atom stereocenters. The van der Waals surface area contributed by atoms with Gasteiger partial charge in [0.05, 0.1) is 7.11 Å². The molecule has 0 saturated heterocycles. The quantitative estimate of drug-likeness (QED) is 0.554. The summed E-state index contributed by atoms with van der Waals surface area (Å²) in [6.45, 7) is 5.91. The number of carbonyl (C=O) groups is 2. The number of esters is 2. The van der Waals surface area contributed by atoms with Crippen LogP contribution in [0.25, 0.3) is 0 Å². The normalized spacial score (nSPS) is 18.2. The van der Waals surface area contributed by atoms with E-state index in [9.17, 15) is 9.59 Å². The van der Waals surface area contributed by atoms with Crippen molar-refractivity contribution in [3.05, 3.63) is 11.6 Å². The van der Waals surface area contributed by atoms with Crippen LogP contribution in [0.2, 0.25) is 0 Å². The summed E-state index contributed by atoms with van der Waals surface area (Å²) in [5.74, 6) is -0.826. The van der Waals surface area contributed by atoms with E-state index in [2.05, 4.69) is 9.73 Å². The van der Waals surface area contributed by atoms with Crippen molar-refractivity contribution >= 4 is 17.7 Å². The van der Waals surface area contributed by atoms with Crippen molar-refractivity contribution in [3.63, 3.8) is 0 Å². The van der Waals surface area contributed by atoms with Crippen molar-refractivity contribution in [2.45, 2.75) is 39.2 Å². The van der Waals surface area contributed by atoms with Crippen LogP contribution in [0.5, 0.6) is 0 Å². The summed E-state index contributed by atoms with van der Waals surface area (Å²) in [4.78, 5) is 27.1. The van der Waals surface area contributed by atoms with E-state index in [1.165, 1.54) is 13.2 Å². The van der Waals surface area contributed by atoms with E-state index < -0.39 is 17.5 Å². The Balaban J connectivity index is 2.69. The predicted molar refractivity (Wildman–Crippen MR) is 67.5 cm³/mol. The molecule has 100 valence electrons. The molecule has 0 spiro atoms. The van der Waals surface area contributed by atoms with Gasteiger partial charge in [-0.25, -0.2) is 9.59 Å². The summed E-state index contributed by atoms with van der Waals surface area (Å²) >= 11 is 0. The summed E-state index contributed by atoms with van der Waals surface area (Å²) in [6.07, 6.45) is 2.43. The monoisotopic (exact) mass is 253 g/mol. The molecule has 1 heterocycles. The van der Waals surface area contributed by atoms with Crippen LogP contribution in [-0.2, 0) is 19.1 Å². The first-order valence-electron chi connectivity index (χ1n) is 5.86. The van der Waals surface area contributed by atoms with Crippen LogP contribution in [0.1, 0.15) is 33.6 Å². The van der Waals surface area contributed by atoms with Crippen molar-refractivity contribution < 1.29 is 19.1 Å². The summed E-state index contributed by atoms with van der Waals surface area (Å²) < 4.78 is 9.80. The van der Waals surface area contributed by atoms with Crippen LogP contribution >= 0.6 is 0 Å². The Morgan fingerprint density at radius 1 is 1.33 bits per heavy atom. The first kappa shape index (κ1) is 14.4. The van der Waals surface area contributed by atoms with Gasteiger partial charge in [-0.1, -0.05) is 5.57 Å². The number of rotatable bonds is 2. The molecule has 1 aliphatic rings. The van der Waals surface area contributed by atoms with Crippen LogP contribution in [0, 0.1) is 0 Å². The lowest BCUT2D eigenvalue weighted by atomic mass is 10.0. The van der Waals surface area contributed by atoms with Gasteiger partial charge in [0, 0.05) is 19.0 Å². The molecule has 0 aromatic rings. The topological polar surface area (TPSA) is 65.0 Å². The minimum Gasteiger partial charge on any atom is -0.466 e. The molecular formula is C13H19NO4. The average molecular weight is 253 g/mol. The highest BCUT2D eigenvalue weighted by molar-refractivity contribution is 6.37. The number of hydrogen-bond donors (Lipinski definition) is 0. The fraction of sp³-hybridized carbons (Fsp3) is 0.615. The van der Waals surface area contributed by atoms with E-state index in [1.807, 2.05) is 0 Å². The lowest BCUT2D eigenvalue weighted by molar-refractivity contribution is -0.146. The van der Waals surface area contributed by atoms with E-state index >= 15 is 0 Å². The molecule has 18 heavy (non-hydrogen) atoms. The SMILES string of the molecule is COC(=O)C=C1CCN=C(C(=O)OC(C)(C)C)C1. The fourth-order valence-electron chi connectivity index (χ4n) is 1.52. The van der Waals surface area contributed by atoms with Gasteiger partial charge in [0.25, 0.3) is 0 Å². The van der Waals surface area contributed by atoms with Crippen LogP contribution < -0.4 is 0 Å². The smallest absolute Gasteiger partial charge is 0.353 e. The molecule has 0 radical (unpaired) electrons. The summed E-state index contributed by atoms with van der Waals surface area (Å²) in [7, 11) is 1.32. The van der Waals surface area contributed by atoms with Crippen LogP contribution in [0.3, 0.4) is 0 Å². The molecule has 1 aliphatic heterocycles. The van der Waals surface area contributed by atoms with Gasteiger partial charge in [0.15, 0.2) is 0 Å². The minimum atomic E-state index is -0.538. The molecule has 5 heteroatoms. The summed E-state index contributed by atoms with van der Waals surface area (Å²) in [6, 6.07) is 0. The number of carbonyl (C=O) groups excluding carboxylic acids is 2. The number of aliphatic imine (C=N–C) groups is 1. The van der Waals surface area contributed by atoms with Gasteiger partial charge in [0.1, 0.15) is 11.3 Å². The van der Waals surface area contributed by atoms with Gasteiger partial charge in [0.2, 0.25) is 0 Å². The molecule has 0 aromatic heterocycles. The highest BCUT2D eigenvalue weighted by atomic mass is 16.6. The van der Waals surface area contributed by atoms with Crippen molar-refractivity contribution in [3.8, 4) is 0 Å². The van der Waals surface area contributed by atoms with Gasteiger partial charge >= 0.3 is 11.9 Å². The second-order valence-corrected chi connectivity index (χ2v) is 5.08. The molecule has 0 atom stereocenters. The second-order valence-electron chi connectivity index (χ2n) is 5.08. The van der Waals surface area contributed by atoms with Gasteiger partial charge in [-0.3, -0.25) is 4.99 Å². The first-order valence-corrected chi connectivity index (χ1v) is 5.86. The van der Waals surface area contributed by atoms with Crippen LogP contribution in [0.15, 0.2) is 16.6 Å². The predicted octanol–water partition coefficient (Wildman–Crippen LogP) is 1.66. The van der Waals surface area contributed by atoms with Gasteiger partial charge in [-0.05, 0) is 27.2 Å². The van der Waals surface area contributed by atoms with Crippen molar-refractivity contribution in [2.75, 3.05) is 13.7 Å². The highest BCUT2D eigenvalue weighted by Gasteiger charge is 2.23. The lowest BCUT2D eigenvalue weighted by Gasteiger charge is -2.21. The molecule has 0 amide bonds. The van der Waals surface area contributed by atoms with Crippen molar-refractivity contribution in [1.82, 2.24) is 0 Å². The standard InChI is InChI=1S/C13H19NO4/c1-13(2,3)18-12(16)10-7-9(5-6-14-10)8-11(15)17-4/h8H,5-7H2,1-4H3. The van der Waals surface area contributed by atoms with Gasteiger partial charge < -0.3 is 9.47 Å². The van der Waals surface area contributed by atoms with Crippen molar-refractivity contribution in [1.29, 1.82) is 0 Å². The molecule has 0 bridgehead atoms. The molecule has 0 aliphatic carbocycles. The van der Waals surface area contributed by atoms with Gasteiger partial charge in [-0.15, -0.1) is 0 Å². The Kier molecular flexibility index (Phi) is 4.64. The zero-order valence-electron chi connectivity index (χ0n) is 11.3. The van der Waals surface area contributed by atoms with E-state index in [0.29, 0.717) is 25.1 Å². The molecule has 0 fully saturated rings. The van der Waals surface area contributed by atoms with Gasteiger partial charge in [-0.2, -0.15) is 0 Å². The van der Waals surface area contributed by atoms with E-state index in [0.717, 1.165) is 5.57 Å². The lowest BCUT2D eigenvalue weighted by Crippen LogP contribution is -2.30. The second kappa shape index (κ2) is 5.80. The molecular weight excluding hydrogens is 234 g/mol. The number of hydrogen-bond acceptors (Lipinski definition) is 5. The fourth-order valence-corrected chi connectivity index (χ4v) is 1.52. The third kappa shape index (κ3) is 4.69.